The fourth-order valence-corrected chi connectivity index (χ4v) is 2.57. The van der Waals surface area contributed by atoms with Gasteiger partial charge in [-0.1, -0.05) is 0 Å². The molecule has 158 valence electrons. The average Bonchev–Trinajstić information content (AvgIpc) is 2.52. The maximum absolute atomic E-state index is 12.0. The molecule has 4 N–H and O–H groups in total. The van der Waals surface area contributed by atoms with Gasteiger partial charge in [-0.2, -0.15) is 13.2 Å². The van der Waals surface area contributed by atoms with Crippen molar-refractivity contribution in [1.29, 1.82) is 0 Å². The summed E-state index contributed by atoms with van der Waals surface area (Å²) in [6.07, 6.45) is -4.60. The molecule has 1 aromatic rings. The maximum atomic E-state index is 12.0. The lowest BCUT2D eigenvalue weighted by Gasteiger charge is -2.15. The summed E-state index contributed by atoms with van der Waals surface area (Å²) in [7, 11) is -4.12. The zero-order valence-electron chi connectivity index (χ0n) is 14.7. The Morgan fingerprint density at radius 3 is 2.57 bits per heavy atom. The lowest BCUT2D eigenvalue weighted by molar-refractivity contribution is -0.384. The Kier molecular flexibility index (Phi) is 8.14. The van der Waals surface area contributed by atoms with Crippen molar-refractivity contribution >= 4 is 27.3 Å². The van der Waals surface area contributed by atoms with Crippen molar-refractivity contribution < 1.29 is 36.0 Å². The number of halogens is 3. The number of rotatable bonds is 10. The highest BCUT2D eigenvalue weighted by atomic mass is 32.2. The third-order valence-electron chi connectivity index (χ3n) is 3.20. The van der Waals surface area contributed by atoms with Crippen molar-refractivity contribution in [2.45, 2.75) is 30.5 Å². The van der Waals surface area contributed by atoms with E-state index in [2.05, 4.69) is 15.4 Å². The van der Waals surface area contributed by atoms with Gasteiger partial charge in [0, 0.05) is 25.1 Å². The van der Waals surface area contributed by atoms with E-state index in [1.54, 1.807) is 0 Å². The van der Waals surface area contributed by atoms with Crippen molar-refractivity contribution in [3.8, 4) is 0 Å². The summed E-state index contributed by atoms with van der Waals surface area (Å²) in [6, 6.07) is 2.34. The van der Waals surface area contributed by atoms with Gasteiger partial charge >= 0.3 is 6.18 Å². The number of carbonyl (C=O) groups is 1. The number of nitro groups is 1. The van der Waals surface area contributed by atoms with Gasteiger partial charge in [0.25, 0.3) is 5.69 Å². The van der Waals surface area contributed by atoms with Gasteiger partial charge < -0.3 is 15.4 Å². The Labute approximate surface area is 158 Å². The molecule has 1 unspecified atom stereocenters. The van der Waals surface area contributed by atoms with Crippen molar-refractivity contribution in [3.63, 3.8) is 0 Å². The van der Waals surface area contributed by atoms with Crippen LogP contribution in [-0.2, 0) is 19.6 Å². The van der Waals surface area contributed by atoms with E-state index in [0.29, 0.717) is 0 Å². The van der Waals surface area contributed by atoms with Crippen LogP contribution in [0.3, 0.4) is 0 Å². The topological polar surface area (TPSA) is 154 Å². The van der Waals surface area contributed by atoms with Gasteiger partial charge in [0.1, 0.15) is 12.3 Å². The number of alkyl halides is 3. The Morgan fingerprint density at radius 1 is 1.39 bits per heavy atom. The quantitative estimate of drug-likeness (QED) is 0.373. The number of primary sulfonamides is 1. The van der Waals surface area contributed by atoms with E-state index < -0.39 is 50.3 Å². The van der Waals surface area contributed by atoms with Crippen LogP contribution in [0.5, 0.6) is 0 Å². The molecule has 0 spiro atoms. The number of anilines is 1. The first-order valence-electron chi connectivity index (χ1n) is 7.78. The van der Waals surface area contributed by atoms with Crippen molar-refractivity contribution in [1.82, 2.24) is 5.32 Å². The van der Waals surface area contributed by atoms with Crippen molar-refractivity contribution in [2.75, 3.05) is 25.1 Å². The molecule has 0 aliphatic heterocycles. The fourth-order valence-electron chi connectivity index (χ4n) is 2.04. The molecule has 0 aliphatic rings. The number of nitrogens with zero attached hydrogens (tertiary/aromatic N) is 1. The monoisotopic (exact) mass is 428 g/mol. The molecule has 0 saturated heterocycles. The number of hydrogen-bond donors (Lipinski definition) is 3. The Morgan fingerprint density at radius 2 is 2.04 bits per heavy atom. The number of nitrogens with two attached hydrogens (primary N) is 1. The van der Waals surface area contributed by atoms with Gasteiger partial charge in [-0.05, 0) is 19.1 Å². The first-order valence-corrected chi connectivity index (χ1v) is 9.33. The molecule has 10 nitrogen and oxygen atoms in total. The molecule has 0 heterocycles. The second-order valence-electron chi connectivity index (χ2n) is 5.76. The molecule has 1 amide bonds. The highest BCUT2D eigenvalue weighted by Gasteiger charge is 2.27. The Hall–Kier alpha value is -2.45. The summed E-state index contributed by atoms with van der Waals surface area (Å²) in [5.74, 6) is -0.514. The standard InChI is InChI=1S/C14H19F3N4O6S/c1-9(7-27-8-14(15,16)17)20-13(22)4-5-19-11-3-2-10(28(18,25)26)6-12(11)21(23)24/h2-3,6,9,19H,4-5,7-8H2,1H3,(H,20,22)(H2,18,25,26). The smallest absolute Gasteiger partial charge is 0.379 e. The average molecular weight is 428 g/mol. The van der Waals surface area contributed by atoms with Crippen molar-refractivity contribution in [2.24, 2.45) is 5.14 Å². The zero-order chi connectivity index (χ0) is 21.5. The van der Waals surface area contributed by atoms with Crippen LogP contribution >= 0.6 is 0 Å². The van der Waals surface area contributed by atoms with E-state index in [1.165, 1.54) is 6.92 Å². The molecule has 14 heteroatoms. The molecule has 1 atom stereocenters. The summed E-state index contributed by atoms with van der Waals surface area (Å²) in [5, 5.41) is 21.0. The lowest BCUT2D eigenvalue weighted by atomic mass is 10.2. The summed E-state index contributed by atoms with van der Waals surface area (Å²) in [4.78, 5) is 21.6. The number of ether oxygens (including phenoxy) is 1. The van der Waals surface area contributed by atoms with Gasteiger partial charge in [0.15, 0.2) is 0 Å². The summed E-state index contributed by atoms with van der Waals surface area (Å²) < 4.78 is 62.9. The normalized spacial score (nSPS) is 13.0. The Balaban J connectivity index is 2.54. The number of nitro benzene ring substituents is 1. The van der Waals surface area contributed by atoms with Crippen LogP contribution in [0.15, 0.2) is 23.1 Å². The highest BCUT2D eigenvalue weighted by Crippen LogP contribution is 2.27. The molecule has 0 saturated carbocycles. The van der Waals surface area contributed by atoms with Gasteiger partial charge in [0.05, 0.1) is 16.4 Å². The summed E-state index contributed by atoms with van der Waals surface area (Å²) >= 11 is 0. The molecule has 1 rings (SSSR count). The number of carbonyl (C=O) groups excluding carboxylic acids is 1. The number of benzene rings is 1. The van der Waals surface area contributed by atoms with E-state index in [0.717, 1.165) is 18.2 Å². The number of sulfonamides is 1. The van der Waals surface area contributed by atoms with Gasteiger partial charge in [0.2, 0.25) is 15.9 Å². The first kappa shape index (κ1) is 23.6. The second-order valence-corrected chi connectivity index (χ2v) is 7.32. The third kappa shape index (κ3) is 8.49. The van der Waals surface area contributed by atoms with Crippen LogP contribution in [0.25, 0.3) is 0 Å². The molecule has 28 heavy (non-hydrogen) atoms. The molecule has 0 aromatic heterocycles. The third-order valence-corrected chi connectivity index (χ3v) is 4.11. The molecule has 0 fully saturated rings. The van der Waals surface area contributed by atoms with Crippen LogP contribution in [0, 0.1) is 10.1 Å². The minimum absolute atomic E-state index is 0.0215. The summed E-state index contributed by atoms with van der Waals surface area (Å²) in [6.45, 7) is -0.345. The van der Waals surface area contributed by atoms with E-state index in [1.807, 2.05) is 0 Å². The number of nitrogens with one attached hydrogen (secondary N) is 2. The van der Waals surface area contributed by atoms with Crippen molar-refractivity contribution in [3.05, 3.63) is 28.3 Å². The SMILES string of the molecule is CC(COCC(F)(F)F)NC(=O)CCNc1ccc(S(N)(=O)=O)cc1[N+](=O)[O-]. The number of hydrogen-bond acceptors (Lipinski definition) is 7. The van der Waals surface area contributed by atoms with Gasteiger partial charge in [-0.15, -0.1) is 0 Å². The molecule has 0 radical (unpaired) electrons. The fraction of sp³-hybridized carbons (Fsp3) is 0.500. The molecule has 0 bridgehead atoms. The van der Waals surface area contributed by atoms with Gasteiger partial charge in [-0.25, -0.2) is 13.6 Å². The first-order chi connectivity index (χ1) is 12.8. The molecule has 0 aliphatic carbocycles. The minimum Gasteiger partial charge on any atom is -0.379 e. The maximum Gasteiger partial charge on any atom is 0.411 e. The van der Waals surface area contributed by atoms with Crippen LogP contribution in [0.4, 0.5) is 24.5 Å². The largest absolute Gasteiger partial charge is 0.411 e. The highest BCUT2D eigenvalue weighted by molar-refractivity contribution is 7.89. The van der Waals surface area contributed by atoms with Gasteiger partial charge in [-0.3, -0.25) is 14.9 Å². The van der Waals surface area contributed by atoms with E-state index in [-0.39, 0.29) is 25.3 Å². The minimum atomic E-state index is -4.46. The van der Waals surface area contributed by atoms with Crippen LogP contribution in [-0.4, -0.2) is 51.2 Å². The predicted octanol–water partition coefficient (Wildman–Crippen LogP) is 1.13. The number of amides is 1. The van der Waals surface area contributed by atoms with Crippen LogP contribution < -0.4 is 15.8 Å². The van der Waals surface area contributed by atoms with E-state index in [9.17, 15) is 36.5 Å². The van der Waals surface area contributed by atoms with Crippen LogP contribution in [0.1, 0.15) is 13.3 Å². The zero-order valence-corrected chi connectivity index (χ0v) is 15.5. The van der Waals surface area contributed by atoms with E-state index >= 15 is 0 Å². The van der Waals surface area contributed by atoms with E-state index in [4.69, 9.17) is 5.14 Å². The second kappa shape index (κ2) is 9.66. The molecular weight excluding hydrogens is 409 g/mol. The lowest BCUT2D eigenvalue weighted by Crippen LogP contribution is -2.37. The molecular formula is C14H19F3N4O6S. The Bertz CT molecular complexity index is 816. The van der Waals surface area contributed by atoms with Crippen LogP contribution in [0.2, 0.25) is 0 Å². The summed E-state index contributed by atoms with van der Waals surface area (Å²) in [5.41, 5.74) is -0.562. The predicted molar refractivity (Wildman–Crippen MR) is 92.1 cm³/mol. The molecule has 1 aromatic carbocycles.